The molecule has 1 aliphatic heterocycles. The zero-order valence-electron chi connectivity index (χ0n) is 8.37. The number of hydrogen-bond acceptors (Lipinski definition) is 3. The van der Waals surface area contributed by atoms with Crippen LogP contribution in [0.3, 0.4) is 0 Å². The minimum Gasteiger partial charge on any atom is -0.506 e. The van der Waals surface area contributed by atoms with Crippen LogP contribution in [0.1, 0.15) is 11.6 Å². The smallest absolute Gasteiger partial charge is 0.134 e. The van der Waals surface area contributed by atoms with E-state index in [-0.39, 0.29) is 24.2 Å². The van der Waals surface area contributed by atoms with Crippen molar-refractivity contribution in [1.82, 2.24) is 5.32 Å². The molecule has 0 spiro atoms. The molecule has 3 nitrogen and oxygen atoms in total. The SMILES string of the molecule is Cl.Oc1c(Br)cc(Br)cc1[C@H]1COCCN1. The summed E-state index contributed by atoms with van der Waals surface area (Å²) in [7, 11) is 0. The third kappa shape index (κ3) is 3.11. The molecule has 0 amide bonds. The van der Waals surface area contributed by atoms with Gasteiger partial charge in [-0.1, -0.05) is 15.9 Å². The fraction of sp³-hybridized carbons (Fsp3) is 0.400. The summed E-state index contributed by atoms with van der Waals surface area (Å²) in [5, 5.41) is 13.2. The van der Waals surface area contributed by atoms with Crippen LogP contribution >= 0.6 is 44.3 Å². The van der Waals surface area contributed by atoms with Crippen molar-refractivity contribution in [1.29, 1.82) is 0 Å². The van der Waals surface area contributed by atoms with Crippen LogP contribution in [0, 0.1) is 0 Å². The minimum absolute atomic E-state index is 0. The molecule has 0 bridgehead atoms. The summed E-state index contributed by atoms with van der Waals surface area (Å²) in [5.74, 6) is 0.279. The lowest BCUT2D eigenvalue weighted by Gasteiger charge is -2.25. The first-order valence-corrected chi connectivity index (χ1v) is 6.26. The number of phenols is 1. The van der Waals surface area contributed by atoms with E-state index in [1.165, 1.54) is 0 Å². The Morgan fingerprint density at radius 3 is 2.75 bits per heavy atom. The fourth-order valence-corrected chi connectivity index (χ4v) is 2.87. The Kier molecular flexibility index (Phi) is 5.53. The first kappa shape index (κ1) is 14.3. The maximum atomic E-state index is 9.91. The Balaban J connectivity index is 0.00000128. The van der Waals surface area contributed by atoms with E-state index in [0.717, 1.165) is 23.2 Å². The lowest BCUT2D eigenvalue weighted by Crippen LogP contribution is -2.34. The van der Waals surface area contributed by atoms with E-state index in [1.54, 1.807) is 0 Å². The molecule has 6 heteroatoms. The maximum absolute atomic E-state index is 9.91. The normalized spacial score (nSPS) is 20.2. The fourth-order valence-electron chi connectivity index (χ4n) is 1.62. The summed E-state index contributed by atoms with van der Waals surface area (Å²) in [6, 6.07) is 3.79. The quantitative estimate of drug-likeness (QED) is 0.795. The molecule has 1 heterocycles. The van der Waals surface area contributed by atoms with Crippen LogP contribution in [-0.4, -0.2) is 24.9 Å². The van der Waals surface area contributed by atoms with Crippen molar-refractivity contribution in [3.63, 3.8) is 0 Å². The Morgan fingerprint density at radius 1 is 1.38 bits per heavy atom. The second-order valence-electron chi connectivity index (χ2n) is 3.41. The van der Waals surface area contributed by atoms with Crippen LogP contribution in [0.4, 0.5) is 0 Å². The first-order chi connectivity index (χ1) is 7.18. The molecule has 1 aromatic carbocycles. The summed E-state index contributed by atoms with van der Waals surface area (Å²) in [5.41, 5.74) is 0.857. The van der Waals surface area contributed by atoms with E-state index in [9.17, 15) is 5.11 Å². The molecule has 1 aliphatic rings. The lowest BCUT2D eigenvalue weighted by atomic mass is 10.1. The Hall–Kier alpha value is 0.190. The molecule has 90 valence electrons. The maximum Gasteiger partial charge on any atom is 0.134 e. The van der Waals surface area contributed by atoms with Gasteiger partial charge in [0.1, 0.15) is 5.75 Å². The molecule has 0 radical (unpaired) electrons. The average molecular weight is 373 g/mol. The highest BCUT2D eigenvalue weighted by Gasteiger charge is 2.20. The van der Waals surface area contributed by atoms with Crippen LogP contribution in [0.2, 0.25) is 0 Å². The monoisotopic (exact) mass is 371 g/mol. The van der Waals surface area contributed by atoms with E-state index in [0.29, 0.717) is 11.1 Å². The van der Waals surface area contributed by atoms with Gasteiger partial charge < -0.3 is 15.2 Å². The van der Waals surface area contributed by atoms with Gasteiger partial charge in [-0.3, -0.25) is 0 Å². The van der Waals surface area contributed by atoms with Crippen molar-refractivity contribution in [2.75, 3.05) is 19.8 Å². The second kappa shape index (κ2) is 6.21. The van der Waals surface area contributed by atoms with Crippen molar-refractivity contribution in [2.45, 2.75) is 6.04 Å². The number of hydrogen-bond donors (Lipinski definition) is 2. The van der Waals surface area contributed by atoms with Gasteiger partial charge in [-0.25, -0.2) is 0 Å². The van der Waals surface area contributed by atoms with Crippen molar-refractivity contribution in [3.05, 3.63) is 26.6 Å². The van der Waals surface area contributed by atoms with Crippen LogP contribution in [0.5, 0.6) is 5.75 Å². The second-order valence-corrected chi connectivity index (χ2v) is 5.18. The Labute approximate surface area is 117 Å². The minimum atomic E-state index is 0. The number of ether oxygens (including phenoxy) is 1. The summed E-state index contributed by atoms with van der Waals surface area (Å²) in [6.45, 7) is 2.14. The molecule has 2 N–H and O–H groups in total. The number of benzene rings is 1. The molecule has 16 heavy (non-hydrogen) atoms. The predicted molar refractivity (Wildman–Crippen MR) is 72.3 cm³/mol. The van der Waals surface area contributed by atoms with Gasteiger partial charge in [0, 0.05) is 16.6 Å². The number of aromatic hydroxyl groups is 1. The molecule has 0 unspecified atom stereocenters. The van der Waals surface area contributed by atoms with E-state index < -0.39 is 0 Å². The van der Waals surface area contributed by atoms with Gasteiger partial charge >= 0.3 is 0 Å². The number of morpholine rings is 1. The topological polar surface area (TPSA) is 41.5 Å². The van der Waals surface area contributed by atoms with Crippen LogP contribution in [-0.2, 0) is 4.74 Å². The van der Waals surface area contributed by atoms with Crippen LogP contribution in [0.15, 0.2) is 21.1 Å². The highest BCUT2D eigenvalue weighted by atomic mass is 79.9. The van der Waals surface area contributed by atoms with Crippen molar-refractivity contribution in [3.8, 4) is 5.75 Å². The van der Waals surface area contributed by atoms with Gasteiger partial charge in [-0.2, -0.15) is 0 Å². The molecule has 1 aromatic rings. The molecule has 1 fully saturated rings. The highest BCUT2D eigenvalue weighted by molar-refractivity contribution is 9.11. The number of phenolic OH excluding ortho intramolecular Hbond substituents is 1. The van der Waals surface area contributed by atoms with Crippen molar-refractivity contribution >= 4 is 44.3 Å². The van der Waals surface area contributed by atoms with E-state index >= 15 is 0 Å². The molecule has 2 rings (SSSR count). The van der Waals surface area contributed by atoms with Crippen molar-refractivity contribution in [2.24, 2.45) is 0 Å². The lowest BCUT2D eigenvalue weighted by molar-refractivity contribution is 0.0760. The first-order valence-electron chi connectivity index (χ1n) is 4.67. The number of nitrogens with one attached hydrogen (secondary N) is 1. The summed E-state index contributed by atoms with van der Waals surface area (Å²) >= 11 is 6.72. The average Bonchev–Trinajstić information content (AvgIpc) is 2.24. The largest absolute Gasteiger partial charge is 0.506 e. The zero-order valence-corrected chi connectivity index (χ0v) is 12.4. The molecule has 1 atom stereocenters. The van der Waals surface area contributed by atoms with E-state index in [1.807, 2.05) is 12.1 Å². The number of halogens is 3. The molecular weight excluding hydrogens is 361 g/mol. The van der Waals surface area contributed by atoms with Gasteiger partial charge in [0.2, 0.25) is 0 Å². The number of rotatable bonds is 1. The van der Waals surface area contributed by atoms with Crippen molar-refractivity contribution < 1.29 is 9.84 Å². The molecular formula is C10H12Br2ClNO2. The third-order valence-corrected chi connectivity index (χ3v) is 3.42. The molecule has 1 saturated heterocycles. The Bertz CT molecular complexity index is 370. The van der Waals surface area contributed by atoms with E-state index in [4.69, 9.17) is 4.74 Å². The standard InChI is InChI=1S/C10H11Br2NO2.ClH/c11-6-3-7(10(14)8(12)4-6)9-5-15-2-1-13-9;/h3-4,9,13-14H,1-2,5H2;1H/t9-;/m1./s1. The summed E-state index contributed by atoms with van der Waals surface area (Å²) < 4.78 is 7.00. The van der Waals surface area contributed by atoms with Gasteiger partial charge in [-0.15, -0.1) is 12.4 Å². The summed E-state index contributed by atoms with van der Waals surface area (Å²) in [6.07, 6.45) is 0. The summed E-state index contributed by atoms with van der Waals surface area (Å²) in [4.78, 5) is 0. The molecule has 0 aromatic heterocycles. The third-order valence-electron chi connectivity index (χ3n) is 2.35. The predicted octanol–water partition coefficient (Wildman–Crippen LogP) is 3.00. The van der Waals surface area contributed by atoms with Crippen LogP contribution in [0.25, 0.3) is 0 Å². The Morgan fingerprint density at radius 2 is 2.12 bits per heavy atom. The van der Waals surface area contributed by atoms with E-state index in [2.05, 4.69) is 37.2 Å². The van der Waals surface area contributed by atoms with Gasteiger partial charge in [0.15, 0.2) is 0 Å². The van der Waals surface area contributed by atoms with Crippen LogP contribution < -0.4 is 5.32 Å². The zero-order chi connectivity index (χ0) is 10.8. The van der Waals surface area contributed by atoms with Gasteiger partial charge in [0.25, 0.3) is 0 Å². The highest BCUT2D eigenvalue weighted by Crippen LogP contribution is 2.35. The van der Waals surface area contributed by atoms with Gasteiger partial charge in [-0.05, 0) is 28.1 Å². The molecule has 0 saturated carbocycles. The van der Waals surface area contributed by atoms with Gasteiger partial charge in [0.05, 0.1) is 23.7 Å². The molecule has 0 aliphatic carbocycles.